The minimum absolute atomic E-state index is 0.0122. The maximum Gasteiger partial charge on any atom is 0.129 e. The molecular weight excluding hydrogens is 349 g/mol. The van der Waals surface area contributed by atoms with Gasteiger partial charge in [-0.25, -0.2) is 13.2 Å². The van der Waals surface area contributed by atoms with Crippen molar-refractivity contribution in [1.29, 1.82) is 0 Å². The highest BCUT2D eigenvalue weighted by atomic mass is 35.5. The molecule has 1 heterocycles. The summed E-state index contributed by atoms with van der Waals surface area (Å²) in [7, 11) is 1.70. The van der Waals surface area contributed by atoms with Crippen LogP contribution in [0.3, 0.4) is 0 Å². The Bertz CT molecular complexity index is 941. The van der Waals surface area contributed by atoms with Crippen LogP contribution in [0.15, 0.2) is 30.3 Å². The van der Waals surface area contributed by atoms with Crippen LogP contribution in [-0.2, 0) is 13.5 Å². The largest absolute Gasteiger partial charge is 0.271 e. The maximum absolute atomic E-state index is 14.3. The molecule has 2 aromatic carbocycles. The summed E-state index contributed by atoms with van der Waals surface area (Å²) in [5.74, 6) is -1.66. The Hall–Kier alpha value is -2.27. The van der Waals surface area contributed by atoms with Gasteiger partial charge in [-0.05, 0) is 49.7 Å². The first kappa shape index (κ1) is 17.5. The average molecular weight is 365 g/mol. The van der Waals surface area contributed by atoms with Crippen molar-refractivity contribution >= 4 is 11.6 Å². The van der Waals surface area contributed by atoms with E-state index in [1.165, 1.54) is 24.3 Å². The van der Waals surface area contributed by atoms with E-state index < -0.39 is 17.5 Å². The predicted octanol–water partition coefficient (Wildman–Crippen LogP) is 5.37. The van der Waals surface area contributed by atoms with Gasteiger partial charge in [0.2, 0.25) is 0 Å². The third-order valence-electron chi connectivity index (χ3n) is 4.17. The lowest BCUT2D eigenvalue weighted by Crippen LogP contribution is -2.05. The van der Waals surface area contributed by atoms with E-state index in [4.69, 9.17) is 11.6 Å². The standard InChI is InChI=1S/C19H16ClF3N2/c1-10-6-16(22)14(17(23)7-10)9-18-19(11(2)24-25(18)3)13-5-4-12(21)8-15(13)20/h4-8H,9H2,1-3H3. The van der Waals surface area contributed by atoms with Crippen molar-refractivity contribution in [1.82, 2.24) is 9.78 Å². The molecule has 0 aliphatic rings. The number of benzene rings is 2. The predicted molar refractivity (Wildman–Crippen MR) is 92.3 cm³/mol. The topological polar surface area (TPSA) is 17.8 Å². The summed E-state index contributed by atoms with van der Waals surface area (Å²) >= 11 is 6.18. The monoisotopic (exact) mass is 364 g/mol. The lowest BCUT2D eigenvalue weighted by atomic mass is 9.98. The zero-order valence-corrected chi connectivity index (χ0v) is 14.8. The second-order valence-corrected chi connectivity index (χ2v) is 6.45. The number of halogens is 4. The SMILES string of the molecule is Cc1cc(F)c(Cc2c(-c3ccc(F)cc3Cl)c(C)nn2C)c(F)c1. The Morgan fingerprint density at radius 1 is 1.04 bits per heavy atom. The van der Waals surface area contributed by atoms with Gasteiger partial charge >= 0.3 is 0 Å². The summed E-state index contributed by atoms with van der Waals surface area (Å²) in [5, 5.41) is 4.57. The zero-order chi connectivity index (χ0) is 18.3. The van der Waals surface area contributed by atoms with Crippen molar-refractivity contribution < 1.29 is 13.2 Å². The Balaban J connectivity index is 2.16. The van der Waals surface area contributed by atoms with E-state index in [0.717, 1.165) is 0 Å². The van der Waals surface area contributed by atoms with Gasteiger partial charge in [-0.3, -0.25) is 4.68 Å². The Kier molecular flexibility index (Phi) is 4.60. The molecule has 25 heavy (non-hydrogen) atoms. The van der Waals surface area contributed by atoms with Crippen LogP contribution in [-0.4, -0.2) is 9.78 Å². The third kappa shape index (κ3) is 3.29. The van der Waals surface area contributed by atoms with Crippen LogP contribution in [0, 0.1) is 31.3 Å². The number of hydrogen-bond acceptors (Lipinski definition) is 1. The van der Waals surface area contributed by atoms with Crippen LogP contribution in [0.1, 0.15) is 22.5 Å². The molecule has 0 N–H and O–H groups in total. The summed E-state index contributed by atoms with van der Waals surface area (Å²) in [5.41, 5.74) is 2.98. The van der Waals surface area contributed by atoms with Gasteiger partial charge in [-0.15, -0.1) is 0 Å². The molecule has 0 atom stereocenters. The molecule has 0 bridgehead atoms. The van der Waals surface area contributed by atoms with Gasteiger partial charge in [0.1, 0.15) is 17.5 Å². The second kappa shape index (κ2) is 6.56. The van der Waals surface area contributed by atoms with Crippen molar-refractivity contribution in [3.8, 4) is 11.1 Å². The van der Waals surface area contributed by atoms with Gasteiger partial charge in [-0.2, -0.15) is 5.10 Å². The highest BCUT2D eigenvalue weighted by molar-refractivity contribution is 6.33. The van der Waals surface area contributed by atoms with Crippen LogP contribution < -0.4 is 0 Å². The van der Waals surface area contributed by atoms with E-state index in [2.05, 4.69) is 5.10 Å². The molecule has 0 unspecified atom stereocenters. The van der Waals surface area contributed by atoms with E-state index in [1.54, 1.807) is 31.6 Å². The summed E-state index contributed by atoms with van der Waals surface area (Å²) in [6.45, 7) is 3.41. The third-order valence-corrected chi connectivity index (χ3v) is 4.48. The Morgan fingerprint density at radius 3 is 2.28 bits per heavy atom. The fraction of sp³-hybridized carbons (Fsp3) is 0.211. The van der Waals surface area contributed by atoms with E-state index in [1.807, 2.05) is 0 Å². The van der Waals surface area contributed by atoms with Gasteiger partial charge in [-0.1, -0.05) is 11.6 Å². The summed E-state index contributed by atoms with van der Waals surface area (Å²) in [6.07, 6.45) is 0.0122. The molecule has 2 nitrogen and oxygen atoms in total. The van der Waals surface area contributed by atoms with Gasteiger partial charge < -0.3 is 0 Å². The van der Waals surface area contributed by atoms with E-state index in [0.29, 0.717) is 28.1 Å². The fourth-order valence-electron chi connectivity index (χ4n) is 3.02. The van der Waals surface area contributed by atoms with Crippen LogP contribution in [0.25, 0.3) is 11.1 Å². The molecule has 6 heteroatoms. The van der Waals surface area contributed by atoms with Crippen molar-refractivity contribution in [2.75, 3.05) is 0 Å². The Labute approximate surface area is 148 Å². The molecule has 0 saturated heterocycles. The van der Waals surface area contributed by atoms with Crippen LogP contribution >= 0.6 is 11.6 Å². The first-order chi connectivity index (χ1) is 11.8. The van der Waals surface area contributed by atoms with Gasteiger partial charge in [0.25, 0.3) is 0 Å². The number of aryl methyl sites for hydroxylation is 3. The molecule has 0 spiro atoms. The molecule has 0 amide bonds. The minimum Gasteiger partial charge on any atom is -0.271 e. The average Bonchev–Trinajstić information content (AvgIpc) is 2.77. The number of aromatic nitrogens is 2. The molecule has 0 fully saturated rings. The van der Waals surface area contributed by atoms with E-state index in [-0.39, 0.29) is 17.0 Å². The maximum atomic E-state index is 14.3. The van der Waals surface area contributed by atoms with Crippen LogP contribution in [0.2, 0.25) is 5.02 Å². The highest BCUT2D eigenvalue weighted by Crippen LogP contribution is 2.35. The van der Waals surface area contributed by atoms with E-state index in [9.17, 15) is 13.2 Å². The van der Waals surface area contributed by atoms with Crippen molar-refractivity contribution in [3.63, 3.8) is 0 Å². The van der Waals surface area contributed by atoms with Crippen molar-refractivity contribution in [2.45, 2.75) is 20.3 Å². The first-order valence-electron chi connectivity index (χ1n) is 7.70. The lowest BCUT2D eigenvalue weighted by molar-refractivity contribution is 0.555. The molecular formula is C19H16ClF3N2. The summed E-state index contributed by atoms with van der Waals surface area (Å²) in [4.78, 5) is 0. The quantitative estimate of drug-likeness (QED) is 0.611. The van der Waals surface area contributed by atoms with Gasteiger partial charge in [0.05, 0.1) is 16.4 Å². The normalized spacial score (nSPS) is 11.2. The lowest BCUT2D eigenvalue weighted by Gasteiger charge is -2.11. The van der Waals surface area contributed by atoms with Crippen molar-refractivity contribution in [3.05, 3.63) is 75.3 Å². The highest BCUT2D eigenvalue weighted by Gasteiger charge is 2.21. The minimum atomic E-state index is -0.604. The molecule has 0 saturated carbocycles. The zero-order valence-electron chi connectivity index (χ0n) is 14.0. The summed E-state index contributed by atoms with van der Waals surface area (Å²) < 4.78 is 43.4. The number of rotatable bonds is 3. The van der Waals surface area contributed by atoms with Gasteiger partial charge in [0.15, 0.2) is 0 Å². The first-order valence-corrected chi connectivity index (χ1v) is 8.08. The molecule has 3 rings (SSSR count). The number of nitrogens with zero attached hydrogens (tertiary/aromatic N) is 2. The van der Waals surface area contributed by atoms with Crippen LogP contribution in [0.5, 0.6) is 0 Å². The molecule has 3 aromatic rings. The molecule has 0 aliphatic carbocycles. The molecule has 0 radical (unpaired) electrons. The molecule has 0 aliphatic heterocycles. The summed E-state index contributed by atoms with van der Waals surface area (Å²) in [6, 6.07) is 6.65. The molecule has 1 aromatic heterocycles. The molecule has 130 valence electrons. The smallest absolute Gasteiger partial charge is 0.129 e. The fourth-order valence-corrected chi connectivity index (χ4v) is 3.28. The van der Waals surface area contributed by atoms with Crippen LogP contribution in [0.4, 0.5) is 13.2 Å². The Morgan fingerprint density at radius 2 is 1.68 bits per heavy atom. The number of hydrogen-bond donors (Lipinski definition) is 0. The van der Waals surface area contributed by atoms with Crippen molar-refractivity contribution in [2.24, 2.45) is 7.05 Å². The second-order valence-electron chi connectivity index (χ2n) is 6.04. The van der Waals surface area contributed by atoms with E-state index >= 15 is 0 Å². The van der Waals surface area contributed by atoms with Gasteiger partial charge in [0, 0.05) is 30.2 Å².